The van der Waals surface area contributed by atoms with Crippen molar-refractivity contribution in [3.8, 4) is 0 Å². The van der Waals surface area contributed by atoms with E-state index in [0.29, 0.717) is 13.2 Å². The first-order chi connectivity index (χ1) is 8.03. The molecule has 1 aromatic rings. The summed E-state index contributed by atoms with van der Waals surface area (Å²) in [6.45, 7) is 9.03. The lowest BCUT2D eigenvalue weighted by molar-refractivity contribution is 0.0205. The van der Waals surface area contributed by atoms with Gasteiger partial charge in [0.05, 0.1) is 23.4 Å². The van der Waals surface area contributed by atoms with Crippen LogP contribution in [0.1, 0.15) is 24.4 Å². The Balaban J connectivity index is 2.66. The average molecular weight is 257 g/mol. The van der Waals surface area contributed by atoms with Gasteiger partial charge in [0.1, 0.15) is 0 Å². The minimum Gasteiger partial charge on any atom is -0.380 e. The van der Waals surface area contributed by atoms with Crippen LogP contribution in [0.3, 0.4) is 0 Å². The molecule has 0 aliphatic heterocycles. The minimum atomic E-state index is -0.119. The summed E-state index contributed by atoms with van der Waals surface area (Å²) < 4.78 is 5.53. The lowest BCUT2D eigenvalue weighted by Crippen LogP contribution is -2.52. The fraction of sp³-hybridized carbons (Fsp3) is 0.750. The molecule has 0 amide bonds. The van der Waals surface area contributed by atoms with E-state index in [1.165, 1.54) is 4.88 Å². The lowest BCUT2D eigenvalue weighted by Gasteiger charge is -2.37. The molecule has 5 heteroatoms. The molecule has 98 valence electrons. The summed E-state index contributed by atoms with van der Waals surface area (Å²) in [5, 5.41) is 0. The summed E-state index contributed by atoms with van der Waals surface area (Å²) in [6, 6.07) is 0. The van der Waals surface area contributed by atoms with Crippen LogP contribution in [0.15, 0.2) is 5.51 Å². The molecule has 1 rings (SSSR count). The van der Waals surface area contributed by atoms with Crippen molar-refractivity contribution in [2.24, 2.45) is 5.73 Å². The van der Waals surface area contributed by atoms with Crippen LogP contribution >= 0.6 is 11.3 Å². The zero-order chi connectivity index (χ0) is 12.9. The largest absolute Gasteiger partial charge is 0.380 e. The molecule has 2 N–H and O–H groups in total. The van der Waals surface area contributed by atoms with Crippen LogP contribution in [0.2, 0.25) is 0 Å². The van der Waals surface area contributed by atoms with Gasteiger partial charge < -0.3 is 10.5 Å². The van der Waals surface area contributed by atoms with Gasteiger partial charge in [0.15, 0.2) is 0 Å². The standard InChI is InChI=1S/C12H23N3OS/c1-5-16-8-12(3,7-13)15(4)6-11-10(2)14-9-17-11/h9H,5-8,13H2,1-4H3. The summed E-state index contributed by atoms with van der Waals surface area (Å²) in [5.41, 5.74) is 8.76. The van der Waals surface area contributed by atoms with Gasteiger partial charge in [0.2, 0.25) is 0 Å². The molecule has 0 radical (unpaired) electrons. The van der Waals surface area contributed by atoms with E-state index in [-0.39, 0.29) is 5.54 Å². The van der Waals surface area contributed by atoms with Gasteiger partial charge in [-0.3, -0.25) is 4.90 Å². The number of rotatable bonds is 7. The van der Waals surface area contributed by atoms with Crippen LogP contribution in [0, 0.1) is 6.92 Å². The van der Waals surface area contributed by atoms with Gasteiger partial charge in [-0.1, -0.05) is 0 Å². The van der Waals surface area contributed by atoms with Gasteiger partial charge >= 0.3 is 0 Å². The fourth-order valence-corrected chi connectivity index (χ4v) is 2.36. The molecule has 0 aliphatic rings. The van der Waals surface area contributed by atoms with Crippen molar-refractivity contribution in [2.75, 3.05) is 26.8 Å². The Bertz CT molecular complexity index is 342. The maximum absolute atomic E-state index is 5.88. The van der Waals surface area contributed by atoms with Gasteiger partial charge in [-0.25, -0.2) is 4.98 Å². The zero-order valence-corrected chi connectivity index (χ0v) is 12.0. The Morgan fingerprint density at radius 3 is 2.76 bits per heavy atom. The van der Waals surface area contributed by atoms with Crippen molar-refractivity contribution in [1.29, 1.82) is 0 Å². The highest BCUT2D eigenvalue weighted by molar-refractivity contribution is 7.09. The maximum atomic E-state index is 5.88. The van der Waals surface area contributed by atoms with E-state index in [2.05, 4.69) is 23.9 Å². The van der Waals surface area contributed by atoms with E-state index in [9.17, 15) is 0 Å². The van der Waals surface area contributed by atoms with Crippen LogP contribution < -0.4 is 5.73 Å². The Morgan fingerprint density at radius 1 is 1.59 bits per heavy atom. The lowest BCUT2D eigenvalue weighted by atomic mass is 10.0. The SMILES string of the molecule is CCOCC(C)(CN)N(C)Cc1scnc1C. The predicted molar refractivity (Wildman–Crippen MR) is 72.3 cm³/mol. The molecule has 0 bridgehead atoms. The average Bonchev–Trinajstić information content (AvgIpc) is 2.72. The molecule has 0 spiro atoms. The van der Waals surface area contributed by atoms with Crippen LogP contribution in [-0.2, 0) is 11.3 Å². The predicted octanol–water partition coefficient (Wildman–Crippen LogP) is 1.64. The Morgan fingerprint density at radius 2 is 2.29 bits per heavy atom. The molecule has 0 aromatic carbocycles. The van der Waals surface area contributed by atoms with Crippen molar-refractivity contribution in [3.63, 3.8) is 0 Å². The molecule has 1 atom stereocenters. The number of aryl methyl sites for hydroxylation is 1. The van der Waals surface area contributed by atoms with Gasteiger partial charge in [-0.05, 0) is 27.8 Å². The first-order valence-electron chi connectivity index (χ1n) is 5.91. The molecular weight excluding hydrogens is 234 g/mol. The van der Waals surface area contributed by atoms with Crippen molar-refractivity contribution >= 4 is 11.3 Å². The number of nitrogens with two attached hydrogens (primary N) is 1. The second-order valence-electron chi connectivity index (χ2n) is 4.56. The Kier molecular flexibility index (Phi) is 5.52. The molecule has 1 aromatic heterocycles. The van der Waals surface area contributed by atoms with Crippen molar-refractivity contribution in [1.82, 2.24) is 9.88 Å². The second kappa shape index (κ2) is 6.44. The zero-order valence-electron chi connectivity index (χ0n) is 11.2. The fourth-order valence-electron chi connectivity index (χ4n) is 1.53. The van der Waals surface area contributed by atoms with Gasteiger partial charge in [-0.15, -0.1) is 11.3 Å². The van der Waals surface area contributed by atoms with Crippen LogP contribution in [0.25, 0.3) is 0 Å². The third-order valence-corrected chi connectivity index (χ3v) is 4.12. The summed E-state index contributed by atoms with van der Waals surface area (Å²) in [5.74, 6) is 0. The summed E-state index contributed by atoms with van der Waals surface area (Å²) >= 11 is 1.69. The molecule has 4 nitrogen and oxygen atoms in total. The quantitative estimate of drug-likeness (QED) is 0.807. The molecular formula is C12H23N3OS. The summed E-state index contributed by atoms with van der Waals surface area (Å²) in [4.78, 5) is 7.82. The van der Waals surface area contributed by atoms with Crippen LogP contribution in [-0.4, -0.2) is 42.2 Å². The number of ether oxygens (including phenoxy) is 1. The molecule has 17 heavy (non-hydrogen) atoms. The van der Waals surface area contributed by atoms with Crippen molar-refractivity contribution in [2.45, 2.75) is 32.9 Å². The van der Waals surface area contributed by atoms with E-state index in [4.69, 9.17) is 10.5 Å². The molecule has 0 saturated carbocycles. The number of likely N-dealkylation sites (N-methyl/N-ethyl adjacent to an activating group) is 1. The third-order valence-electron chi connectivity index (χ3n) is 3.20. The smallest absolute Gasteiger partial charge is 0.0798 e. The molecule has 0 saturated heterocycles. The van der Waals surface area contributed by atoms with Gasteiger partial charge in [0.25, 0.3) is 0 Å². The van der Waals surface area contributed by atoms with Gasteiger partial charge in [0, 0.05) is 24.6 Å². The Labute approximate surface area is 108 Å². The second-order valence-corrected chi connectivity index (χ2v) is 5.49. The van der Waals surface area contributed by atoms with Gasteiger partial charge in [-0.2, -0.15) is 0 Å². The van der Waals surface area contributed by atoms with Crippen molar-refractivity contribution < 1.29 is 4.74 Å². The molecule has 0 aliphatic carbocycles. The number of nitrogens with zero attached hydrogens (tertiary/aromatic N) is 2. The molecule has 1 unspecified atom stereocenters. The van der Waals surface area contributed by atoms with E-state index in [1.807, 2.05) is 19.4 Å². The normalized spacial score (nSPS) is 15.2. The summed E-state index contributed by atoms with van der Waals surface area (Å²) in [6.07, 6.45) is 0. The third kappa shape index (κ3) is 3.74. The van der Waals surface area contributed by atoms with E-state index in [0.717, 1.165) is 18.8 Å². The highest BCUT2D eigenvalue weighted by Gasteiger charge is 2.28. The van der Waals surface area contributed by atoms with E-state index in [1.54, 1.807) is 11.3 Å². The molecule has 1 heterocycles. The maximum Gasteiger partial charge on any atom is 0.0798 e. The first kappa shape index (κ1) is 14.6. The number of aromatic nitrogens is 1. The number of hydrogen-bond donors (Lipinski definition) is 1. The number of thiazole rings is 1. The highest BCUT2D eigenvalue weighted by Crippen LogP contribution is 2.20. The minimum absolute atomic E-state index is 0.119. The van der Waals surface area contributed by atoms with E-state index < -0.39 is 0 Å². The topological polar surface area (TPSA) is 51.4 Å². The van der Waals surface area contributed by atoms with Crippen molar-refractivity contribution in [3.05, 3.63) is 16.1 Å². The number of hydrogen-bond acceptors (Lipinski definition) is 5. The van der Waals surface area contributed by atoms with Crippen LogP contribution in [0.5, 0.6) is 0 Å². The van der Waals surface area contributed by atoms with Crippen LogP contribution in [0.4, 0.5) is 0 Å². The highest BCUT2D eigenvalue weighted by atomic mass is 32.1. The first-order valence-corrected chi connectivity index (χ1v) is 6.79. The Hall–Kier alpha value is -0.490. The van der Waals surface area contributed by atoms with E-state index >= 15 is 0 Å². The molecule has 0 fully saturated rings. The monoisotopic (exact) mass is 257 g/mol. The summed E-state index contributed by atoms with van der Waals surface area (Å²) in [7, 11) is 2.09.